The largest absolute Gasteiger partial charge is 0.395 e. The second-order valence-electron chi connectivity index (χ2n) is 4.06. The van der Waals surface area contributed by atoms with E-state index in [1.165, 1.54) is 0 Å². The number of nitrogens with zero attached hydrogens (tertiary/aromatic N) is 1. The summed E-state index contributed by atoms with van der Waals surface area (Å²) in [5.74, 6) is 0.492. The highest BCUT2D eigenvalue weighted by Crippen LogP contribution is 2.34. The van der Waals surface area contributed by atoms with Crippen molar-refractivity contribution in [3.8, 4) is 0 Å². The molecule has 14 heavy (non-hydrogen) atoms. The van der Waals surface area contributed by atoms with E-state index in [1.807, 2.05) is 4.90 Å². The van der Waals surface area contributed by atoms with Crippen molar-refractivity contribution in [2.24, 2.45) is 5.92 Å². The number of allylic oxidation sites excluding steroid dienone is 2. The quantitative estimate of drug-likeness (QED) is 0.526. The van der Waals surface area contributed by atoms with E-state index in [1.54, 1.807) is 0 Å². The van der Waals surface area contributed by atoms with E-state index in [2.05, 4.69) is 12.2 Å². The van der Waals surface area contributed by atoms with Crippen LogP contribution in [-0.2, 0) is 4.79 Å². The molecule has 1 fully saturated rings. The molecule has 2 atom stereocenters. The van der Waals surface area contributed by atoms with Crippen molar-refractivity contribution in [2.45, 2.75) is 31.7 Å². The van der Waals surface area contributed by atoms with Crippen LogP contribution in [0.15, 0.2) is 12.2 Å². The van der Waals surface area contributed by atoms with Crippen molar-refractivity contribution in [3.63, 3.8) is 0 Å². The van der Waals surface area contributed by atoms with Crippen LogP contribution in [0.1, 0.15) is 25.7 Å². The number of hydrogen-bond acceptors (Lipinski definition) is 2. The number of β-lactam (4-membered cyclic amide) rings is 1. The van der Waals surface area contributed by atoms with E-state index in [0.29, 0.717) is 12.6 Å². The van der Waals surface area contributed by atoms with Crippen LogP contribution in [0.2, 0.25) is 0 Å². The fourth-order valence-electron chi connectivity index (χ4n) is 2.51. The molecule has 1 amide bonds. The Morgan fingerprint density at radius 1 is 1.36 bits per heavy atom. The lowest BCUT2D eigenvalue weighted by atomic mass is 9.80. The number of rotatable bonds is 2. The summed E-state index contributed by atoms with van der Waals surface area (Å²) in [6, 6.07) is 0.402. The molecule has 1 aliphatic carbocycles. The molecule has 3 nitrogen and oxygen atoms in total. The summed E-state index contributed by atoms with van der Waals surface area (Å²) in [7, 11) is 0. The highest BCUT2D eigenvalue weighted by molar-refractivity contribution is 5.86. The predicted molar refractivity (Wildman–Crippen MR) is 53.7 cm³/mol. The smallest absolute Gasteiger partial charge is 0.228 e. The first-order valence-corrected chi connectivity index (χ1v) is 5.41. The third-order valence-electron chi connectivity index (χ3n) is 3.25. The van der Waals surface area contributed by atoms with Crippen LogP contribution in [0, 0.1) is 5.92 Å². The van der Waals surface area contributed by atoms with E-state index in [0.717, 1.165) is 25.7 Å². The first kappa shape index (κ1) is 9.71. The molecule has 2 aliphatic rings. The number of likely N-dealkylation sites (tertiary alicyclic amines) is 1. The zero-order valence-electron chi connectivity index (χ0n) is 8.35. The van der Waals surface area contributed by atoms with Gasteiger partial charge in [-0.1, -0.05) is 12.2 Å². The van der Waals surface area contributed by atoms with Gasteiger partial charge in [0.25, 0.3) is 0 Å². The summed E-state index contributed by atoms with van der Waals surface area (Å²) in [5, 5.41) is 8.83. The maximum absolute atomic E-state index is 11.6. The van der Waals surface area contributed by atoms with Crippen molar-refractivity contribution < 1.29 is 9.90 Å². The van der Waals surface area contributed by atoms with Crippen LogP contribution >= 0.6 is 0 Å². The SMILES string of the molecule is O=C1C2CC/C=C/CCC2N1CCO. The van der Waals surface area contributed by atoms with Crippen LogP contribution in [0.3, 0.4) is 0 Å². The first-order chi connectivity index (χ1) is 6.84. The number of amides is 1. The highest BCUT2D eigenvalue weighted by Gasteiger charge is 2.45. The molecule has 2 unspecified atom stereocenters. The van der Waals surface area contributed by atoms with Crippen molar-refractivity contribution in [2.75, 3.05) is 13.2 Å². The Morgan fingerprint density at radius 3 is 2.79 bits per heavy atom. The molecule has 78 valence electrons. The van der Waals surface area contributed by atoms with E-state index in [9.17, 15) is 4.79 Å². The van der Waals surface area contributed by atoms with E-state index < -0.39 is 0 Å². The van der Waals surface area contributed by atoms with E-state index in [-0.39, 0.29) is 18.4 Å². The van der Waals surface area contributed by atoms with Gasteiger partial charge in [-0.15, -0.1) is 0 Å². The minimum absolute atomic E-state index is 0.0881. The van der Waals surface area contributed by atoms with Gasteiger partial charge in [-0.25, -0.2) is 0 Å². The Bertz CT molecular complexity index is 250. The Labute approximate surface area is 84.4 Å². The fourth-order valence-corrected chi connectivity index (χ4v) is 2.51. The number of fused-ring (bicyclic) bond motifs is 1. The first-order valence-electron chi connectivity index (χ1n) is 5.41. The van der Waals surface area contributed by atoms with Gasteiger partial charge in [0.2, 0.25) is 5.91 Å². The van der Waals surface area contributed by atoms with Gasteiger partial charge in [-0.3, -0.25) is 4.79 Å². The Kier molecular flexibility index (Phi) is 2.87. The summed E-state index contributed by atoms with van der Waals surface area (Å²) in [6.07, 6.45) is 8.53. The molecule has 0 aromatic heterocycles. The minimum atomic E-state index is 0.0881. The second-order valence-corrected chi connectivity index (χ2v) is 4.06. The van der Waals surface area contributed by atoms with Gasteiger partial charge in [0.05, 0.1) is 12.5 Å². The van der Waals surface area contributed by atoms with Crippen LogP contribution in [-0.4, -0.2) is 35.1 Å². The maximum atomic E-state index is 11.6. The third-order valence-corrected chi connectivity index (χ3v) is 3.25. The monoisotopic (exact) mass is 195 g/mol. The summed E-state index contributed by atoms with van der Waals surface area (Å²) in [5.41, 5.74) is 0. The van der Waals surface area contributed by atoms with Crippen molar-refractivity contribution >= 4 is 5.91 Å². The number of aliphatic hydroxyl groups is 1. The number of β-amino-alcohol motifs (C(OH)–C–C–N with tert-alkyl or cyclic N) is 1. The molecule has 0 aromatic carbocycles. The molecule has 0 bridgehead atoms. The third kappa shape index (κ3) is 1.57. The van der Waals surface area contributed by atoms with Crippen molar-refractivity contribution in [3.05, 3.63) is 12.2 Å². The van der Waals surface area contributed by atoms with Crippen LogP contribution in [0.25, 0.3) is 0 Å². The van der Waals surface area contributed by atoms with Crippen molar-refractivity contribution in [1.82, 2.24) is 4.90 Å². The molecule has 0 aromatic rings. The Balaban J connectivity index is 1.99. The van der Waals surface area contributed by atoms with Gasteiger partial charge in [0.15, 0.2) is 0 Å². The lowest BCUT2D eigenvalue weighted by Gasteiger charge is -2.47. The molecular weight excluding hydrogens is 178 g/mol. The fraction of sp³-hybridized carbons (Fsp3) is 0.727. The molecule has 0 spiro atoms. The average Bonchev–Trinajstić information content (AvgIpc) is 2.16. The zero-order valence-corrected chi connectivity index (χ0v) is 8.35. The van der Waals surface area contributed by atoms with Gasteiger partial charge in [-0.2, -0.15) is 0 Å². The molecule has 0 radical (unpaired) electrons. The molecule has 1 heterocycles. The zero-order chi connectivity index (χ0) is 9.97. The molecule has 0 saturated carbocycles. The molecule has 1 saturated heterocycles. The molecule has 1 N–H and O–H groups in total. The minimum Gasteiger partial charge on any atom is -0.395 e. The summed E-state index contributed by atoms with van der Waals surface area (Å²) >= 11 is 0. The molecule has 2 rings (SSSR count). The maximum Gasteiger partial charge on any atom is 0.228 e. The molecule has 1 aliphatic heterocycles. The number of hydrogen-bond donors (Lipinski definition) is 1. The Morgan fingerprint density at radius 2 is 2.07 bits per heavy atom. The lowest BCUT2D eigenvalue weighted by molar-refractivity contribution is -0.158. The Hall–Kier alpha value is -0.830. The number of carbonyl (C=O) groups excluding carboxylic acids is 1. The summed E-state index contributed by atoms with van der Waals surface area (Å²) < 4.78 is 0. The van der Waals surface area contributed by atoms with Gasteiger partial charge < -0.3 is 10.0 Å². The van der Waals surface area contributed by atoms with Crippen LogP contribution in [0.4, 0.5) is 0 Å². The molecule has 3 heteroatoms. The second kappa shape index (κ2) is 4.13. The van der Waals surface area contributed by atoms with Crippen LogP contribution in [0.5, 0.6) is 0 Å². The highest BCUT2D eigenvalue weighted by atomic mass is 16.3. The lowest BCUT2D eigenvalue weighted by Crippen LogP contribution is -2.61. The number of aliphatic hydroxyl groups excluding tert-OH is 1. The standard InChI is InChI=1S/C11H17NO2/c13-8-7-12-10-6-4-2-1-3-5-9(10)11(12)14/h1-2,9-10,13H,3-8H2/b2-1+. The normalized spacial score (nSPS) is 34.1. The predicted octanol–water partition coefficient (Wildman–Crippen LogP) is 0.936. The summed E-state index contributed by atoms with van der Waals surface area (Å²) in [4.78, 5) is 13.5. The number of carbonyl (C=O) groups is 1. The topological polar surface area (TPSA) is 40.5 Å². The van der Waals surface area contributed by atoms with Gasteiger partial charge in [0.1, 0.15) is 0 Å². The summed E-state index contributed by atoms with van der Waals surface area (Å²) in [6.45, 7) is 0.606. The average molecular weight is 195 g/mol. The van der Waals surface area contributed by atoms with Gasteiger partial charge in [-0.05, 0) is 25.7 Å². The van der Waals surface area contributed by atoms with Gasteiger partial charge >= 0.3 is 0 Å². The van der Waals surface area contributed by atoms with Crippen LogP contribution < -0.4 is 0 Å². The molecular formula is C11H17NO2. The van der Waals surface area contributed by atoms with E-state index >= 15 is 0 Å². The van der Waals surface area contributed by atoms with E-state index in [4.69, 9.17) is 5.11 Å². The van der Waals surface area contributed by atoms with Crippen molar-refractivity contribution in [1.29, 1.82) is 0 Å². The van der Waals surface area contributed by atoms with Gasteiger partial charge in [0, 0.05) is 12.6 Å².